The molecule has 0 bridgehead atoms. The Bertz CT molecular complexity index is 89.6. The van der Waals surface area contributed by atoms with Gasteiger partial charge in [-0.05, 0) is 0 Å². The van der Waals surface area contributed by atoms with Gasteiger partial charge in [-0.2, -0.15) is 0 Å². The normalized spacial score (nSPS) is 7.75. The topological polar surface area (TPSA) is 42.4 Å². The van der Waals surface area contributed by atoms with Gasteiger partial charge >= 0.3 is 0 Å². The summed E-state index contributed by atoms with van der Waals surface area (Å²) in [4.78, 5) is 3.86. The summed E-state index contributed by atoms with van der Waals surface area (Å²) in [5, 5.41) is 0. The highest BCUT2D eigenvalue weighted by Crippen LogP contribution is 1.75. The van der Waals surface area contributed by atoms with Crippen molar-refractivity contribution in [3.8, 4) is 6.07 Å². The molecule has 0 aliphatic heterocycles. The summed E-state index contributed by atoms with van der Waals surface area (Å²) in [5.74, 6) is 5.00. The van der Waals surface area contributed by atoms with Crippen molar-refractivity contribution in [2.24, 2.45) is 5.84 Å². The van der Waals surface area contributed by atoms with E-state index in [1.807, 2.05) is 0 Å². The molecule has 0 amide bonds. The molecular weight excluding hydrogens is 102 g/mol. The maximum atomic E-state index is 5.00. The molecule has 3 nitrogen and oxygen atoms in total. The van der Waals surface area contributed by atoms with Crippen LogP contribution in [0.3, 0.4) is 0 Å². The minimum Gasteiger partial charge on any atom is -0.271 e. The molecule has 0 saturated carbocycles. The Balaban J connectivity index is 2.79. The first kappa shape index (κ1) is 7.41. The fourth-order valence-corrected chi connectivity index (χ4v) is 0.372. The molecule has 46 valence electrons. The van der Waals surface area contributed by atoms with Crippen LogP contribution in [-0.4, -0.2) is 13.1 Å². The lowest BCUT2D eigenvalue weighted by atomic mass is 10.4. The van der Waals surface area contributed by atoms with E-state index in [2.05, 4.69) is 16.3 Å². The molecule has 0 aromatic rings. The van der Waals surface area contributed by atoms with Gasteiger partial charge in [0.05, 0.1) is 6.92 Å². The summed E-state index contributed by atoms with van der Waals surface area (Å²) in [6, 6.07) is 2.68. The predicted molar refractivity (Wildman–Crippen MR) is 34.6 cm³/mol. The van der Waals surface area contributed by atoms with Crippen molar-refractivity contribution in [3.05, 3.63) is 4.85 Å². The monoisotopic (exact) mass is 114 g/mol. The van der Waals surface area contributed by atoms with E-state index >= 15 is 0 Å². The molecular formula is C5H12N3+. The highest BCUT2D eigenvalue weighted by atomic mass is 15.2. The first-order valence-corrected chi connectivity index (χ1v) is 2.68. The molecule has 0 unspecified atom stereocenters. The van der Waals surface area contributed by atoms with Gasteiger partial charge in [0, 0.05) is 13.0 Å². The molecule has 0 saturated heterocycles. The highest BCUT2D eigenvalue weighted by molar-refractivity contribution is 4.79. The van der Waals surface area contributed by atoms with Crippen LogP contribution in [-0.2, 0) is 0 Å². The Kier molecular flexibility index (Phi) is 5.94. The summed E-state index contributed by atoms with van der Waals surface area (Å²) >= 11 is 0. The third-order valence-corrected chi connectivity index (χ3v) is 0.749. The van der Waals surface area contributed by atoms with Crippen LogP contribution in [0.15, 0.2) is 0 Å². The molecule has 0 aromatic carbocycles. The first-order chi connectivity index (χ1) is 3.91. The van der Waals surface area contributed by atoms with E-state index < -0.39 is 0 Å². The zero-order chi connectivity index (χ0) is 6.24. The fourth-order valence-electron chi connectivity index (χ4n) is 0.372. The van der Waals surface area contributed by atoms with Crippen molar-refractivity contribution in [2.75, 3.05) is 13.1 Å². The van der Waals surface area contributed by atoms with Crippen molar-refractivity contribution < 1.29 is 0 Å². The molecule has 0 spiro atoms. The average molecular weight is 114 g/mol. The summed E-state index contributed by atoms with van der Waals surface area (Å²) < 4.78 is 0. The van der Waals surface area contributed by atoms with Gasteiger partial charge in [-0.1, -0.05) is 4.85 Å². The Morgan fingerprint density at radius 2 is 2.50 bits per heavy atom. The average Bonchev–Trinajstić information content (AvgIpc) is 1.81. The number of hydrogen-bond acceptors (Lipinski definition) is 2. The van der Waals surface area contributed by atoms with Crippen molar-refractivity contribution >= 4 is 0 Å². The highest BCUT2D eigenvalue weighted by Gasteiger charge is 1.87. The zero-order valence-corrected chi connectivity index (χ0v) is 5.15. The van der Waals surface area contributed by atoms with Gasteiger partial charge in [-0.3, -0.25) is 11.3 Å². The second kappa shape index (κ2) is 6.41. The van der Waals surface area contributed by atoms with Gasteiger partial charge in [-0.25, -0.2) is 0 Å². The van der Waals surface area contributed by atoms with E-state index in [0.29, 0.717) is 0 Å². The van der Waals surface area contributed by atoms with E-state index in [4.69, 9.17) is 5.84 Å². The number of nitrogens with one attached hydrogen (secondary N) is 1. The maximum Gasteiger partial charge on any atom is 0.269 e. The second-order valence-electron chi connectivity index (χ2n) is 1.41. The van der Waals surface area contributed by atoms with Gasteiger partial charge in [0.15, 0.2) is 0 Å². The zero-order valence-electron chi connectivity index (χ0n) is 5.15. The van der Waals surface area contributed by atoms with E-state index in [9.17, 15) is 0 Å². The molecule has 0 aliphatic rings. The second-order valence-corrected chi connectivity index (χ2v) is 1.41. The molecule has 0 radical (unpaired) electrons. The lowest BCUT2D eigenvalue weighted by Gasteiger charge is -1.85. The Morgan fingerprint density at radius 3 is 3.00 bits per heavy atom. The summed E-state index contributed by atoms with van der Waals surface area (Å²) in [5.41, 5.74) is 2.54. The van der Waals surface area contributed by atoms with Crippen molar-refractivity contribution in [1.82, 2.24) is 5.43 Å². The molecule has 0 fully saturated rings. The number of hydrazine groups is 1. The number of rotatable bonds is 3. The van der Waals surface area contributed by atoms with Crippen LogP contribution in [0.2, 0.25) is 0 Å². The number of hydrogen-bond donors (Lipinski definition) is 2. The van der Waals surface area contributed by atoms with Gasteiger partial charge in [-0.15, -0.1) is 0 Å². The quantitative estimate of drug-likeness (QED) is 0.312. The van der Waals surface area contributed by atoms with E-state index in [-0.39, 0.29) is 0 Å². The fraction of sp³-hybridized carbons (Fsp3) is 0.800. The van der Waals surface area contributed by atoms with Crippen molar-refractivity contribution in [1.29, 1.82) is 0 Å². The van der Waals surface area contributed by atoms with Crippen LogP contribution in [0, 0.1) is 6.07 Å². The van der Waals surface area contributed by atoms with Crippen LogP contribution in [0.1, 0.15) is 13.3 Å². The molecule has 0 atom stereocenters. The van der Waals surface area contributed by atoms with Gasteiger partial charge in [0.1, 0.15) is 0 Å². The van der Waals surface area contributed by atoms with Crippen LogP contribution >= 0.6 is 0 Å². The first-order valence-electron chi connectivity index (χ1n) is 2.68. The third-order valence-electron chi connectivity index (χ3n) is 0.749. The number of nitrogens with two attached hydrogens (primary N) is 1. The standard InChI is InChI=1S/C5H12N3/c1-2-7-4-3-5-8-6/h8H,3-6H2,1H3/q+1. The van der Waals surface area contributed by atoms with E-state index in [0.717, 1.165) is 19.5 Å². The minimum atomic E-state index is 0.820. The third kappa shape index (κ3) is 5.41. The molecule has 0 aromatic heterocycles. The smallest absolute Gasteiger partial charge is 0.269 e. The lowest BCUT2D eigenvalue weighted by Crippen LogP contribution is -2.23. The van der Waals surface area contributed by atoms with Crippen LogP contribution in [0.5, 0.6) is 0 Å². The molecule has 0 heterocycles. The van der Waals surface area contributed by atoms with Crippen molar-refractivity contribution in [3.63, 3.8) is 0 Å². The Hall–Kier alpha value is -0.590. The molecule has 0 aliphatic carbocycles. The number of nitrogens with zero attached hydrogens (tertiary/aromatic N) is 1. The molecule has 3 heteroatoms. The van der Waals surface area contributed by atoms with Crippen molar-refractivity contribution in [2.45, 2.75) is 13.3 Å². The Labute approximate surface area is 49.7 Å². The largest absolute Gasteiger partial charge is 0.271 e. The summed E-state index contributed by atoms with van der Waals surface area (Å²) in [6.45, 7) is 3.43. The molecule has 3 N–H and O–H groups in total. The van der Waals surface area contributed by atoms with Gasteiger partial charge in [0.2, 0.25) is 0 Å². The van der Waals surface area contributed by atoms with Crippen LogP contribution in [0.25, 0.3) is 4.85 Å². The van der Waals surface area contributed by atoms with Gasteiger partial charge in [0.25, 0.3) is 12.6 Å². The Morgan fingerprint density at radius 1 is 1.75 bits per heavy atom. The lowest BCUT2D eigenvalue weighted by molar-refractivity contribution is 0.705. The van der Waals surface area contributed by atoms with Crippen LogP contribution < -0.4 is 11.3 Å². The van der Waals surface area contributed by atoms with E-state index in [1.54, 1.807) is 6.92 Å². The SMILES string of the molecule is CC#[N+]CCCNN. The molecule has 8 heavy (non-hydrogen) atoms. The van der Waals surface area contributed by atoms with E-state index in [1.165, 1.54) is 0 Å². The van der Waals surface area contributed by atoms with Gasteiger partial charge < -0.3 is 0 Å². The summed E-state index contributed by atoms with van der Waals surface area (Å²) in [6.07, 6.45) is 0.983. The molecule has 0 rings (SSSR count). The predicted octanol–water partition coefficient (Wildman–Crippen LogP) is 0.193. The summed E-state index contributed by atoms with van der Waals surface area (Å²) in [7, 11) is 0. The van der Waals surface area contributed by atoms with Crippen LogP contribution in [0.4, 0.5) is 0 Å². The maximum absolute atomic E-state index is 5.00. The minimum absolute atomic E-state index is 0.820.